The third-order valence-corrected chi connectivity index (χ3v) is 7.52. The lowest BCUT2D eigenvalue weighted by Crippen LogP contribution is -2.00. The second-order valence-electron chi connectivity index (χ2n) is 5.85. The highest BCUT2D eigenvalue weighted by molar-refractivity contribution is 9.11. The summed E-state index contributed by atoms with van der Waals surface area (Å²) >= 11 is 10.8. The van der Waals surface area contributed by atoms with Gasteiger partial charge in [0.1, 0.15) is 11.5 Å². The van der Waals surface area contributed by atoms with Gasteiger partial charge >= 0.3 is 0 Å². The second-order valence-corrected chi connectivity index (χ2v) is 8.22. The molecule has 0 aliphatic carbocycles. The van der Waals surface area contributed by atoms with Gasteiger partial charge in [0.2, 0.25) is 0 Å². The Morgan fingerprint density at radius 3 is 1.74 bits per heavy atom. The molecule has 0 heterocycles. The Hall–Kier alpha value is -0.520. The van der Waals surface area contributed by atoms with E-state index in [4.69, 9.17) is 0 Å². The van der Waals surface area contributed by atoms with Gasteiger partial charge in [-0.2, -0.15) is 0 Å². The quantitative estimate of drug-likeness (QED) is 0.505. The standard InChI is InChI=1S/C18H19Br3O2/c1-8-7-12(14(19)9(2)17(8)22)5-6-13-15(20)10(3)18(23)11(4)16(13)21/h7,22-23H,5-6H2,1-4H3. The molecule has 0 atom stereocenters. The first kappa shape index (κ1) is 18.8. The Kier molecular flexibility index (Phi) is 5.85. The van der Waals surface area contributed by atoms with Crippen LogP contribution in [0.5, 0.6) is 11.5 Å². The monoisotopic (exact) mass is 504 g/mol. The van der Waals surface area contributed by atoms with Crippen molar-refractivity contribution >= 4 is 47.8 Å². The third kappa shape index (κ3) is 3.47. The Balaban J connectivity index is 2.40. The number of halogens is 3. The van der Waals surface area contributed by atoms with Crippen molar-refractivity contribution in [1.82, 2.24) is 0 Å². The predicted molar refractivity (Wildman–Crippen MR) is 106 cm³/mol. The minimum Gasteiger partial charge on any atom is -0.507 e. The van der Waals surface area contributed by atoms with Crippen LogP contribution in [-0.2, 0) is 12.8 Å². The number of rotatable bonds is 3. The van der Waals surface area contributed by atoms with E-state index in [1.807, 2.05) is 33.8 Å². The van der Waals surface area contributed by atoms with E-state index in [-0.39, 0.29) is 0 Å². The maximum atomic E-state index is 10.1. The van der Waals surface area contributed by atoms with Crippen molar-refractivity contribution < 1.29 is 10.2 Å². The summed E-state index contributed by atoms with van der Waals surface area (Å²) in [4.78, 5) is 0. The molecule has 0 fully saturated rings. The number of aromatic hydroxyl groups is 2. The fraction of sp³-hybridized carbons (Fsp3) is 0.333. The van der Waals surface area contributed by atoms with Gasteiger partial charge in [-0.15, -0.1) is 0 Å². The van der Waals surface area contributed by atoms with Crippen molar-refractivity contribution in [3.05, 3.63) is 52.9 Å². The number of hydrogen-bond acceptors (Lipinski definition) is 2. The van der Waals surface area contributed by atoms with E-state index in [1.165, 1.54) is 5.56 Å². The molecule has 0 radical (unpaired) electrons. The van der Waals surface area contributed by atoms with Crippen LogP contribution in [0.25, 0.3) is 0 Å². The van der Waals surface area contributed by atoms with Crippen molar-refractivity contribution in [1.29, 1.82) is 0 Å². The van der Waals surface area contributed by atoms with Crippen LogP contribution >= 0.6 is 47.8 Å². The number of phenols is 2. The predicted octanol–water partition coefficient (Wildman–Crippen LogP) is 6.40. The minimum atomic E-state index is 0.324. The van der Waals surface area contributed by atoms with Crippen molar-refractivity contribution in [3.8, 4) is 11.5 Å². The Morgan fingerprint density at radius 2 is 1.22 bits per heavy atom. The Labute approximate surface area is 162 Å². The molecule has 0 unspecified atom stereocenters. The number of benzene rings is 2. The van der Waals surface area contributed by atoms with Crippen LogP contribution in [0.3, 0.4) is 0 Å². The highest BCUT2D eigenvalue weighted by atomic mass is 79.9. The van der Waals surface area contributed by atoms with Crippen LogP contribution in [0.1, 0.15) is 33.4 Å². The molecule has 23 heavy (non-hydrogen) atoms. The van der Waals surface area contributed by atoms with Gasteiger partial charge in [-0.25, -0.2) is 0 Å². The maximum absolute atomic E-state index is 10.1. The second kappa shape index (κ2) is 7.16. The lowest BCUT2D eigenvalue weighted by molar-refractivity contribution is 0.465. The molecule has 2 nitrogen and oxygen atoms in total. The SMILES string of the molecule is Cc1cc(CCc2c(Br)c(C)c(O)c(C)c2Br)c(Br)c(C)c1O. The molecule has 0 bridgehead atoms. The third-order valence-electron chi connectivity index (χ3n) is 4.27. The van der Waals surface area contributed by atoms with E-state index < -0.39 is 0 Å². The lowest BCUT2D eigenvalue weighted by Gasteiger charge is -2.16. The van der Waals surface area contributed by atoms with Gasteiger partial charge in [-0.05, 0) is 57.2 Å². The van der Waals surface area contributed by atoms with Crippen molar-refractivity contribution in [2.24, 2.45) is 0 Å². The maximum Gasteiger partial charge on any atom is 0.123 e. The van der Waals surface area contributed by atoms with Crippen LogP contribution in [0.4, 0.5) is 0 Å². The fourth-order valence-corrected chi connectivity index (χ4v) is 4.67. The van der Waals surface area contributed by atoms with Gasteiger partial charge in [-0.1, -0.05) is 53.9 Å². The van der Waals surface area contributed by atoms with E-state index in [0.717, 1.165) is 54.1 Å². The minimum absolute atomic E-state index is 0.324. The highest BCUT2D eigenvalue weighted by Gasteiger charge is 2.17. The largest absolute Gasteiger partial charge is 0.507 e. The molecule has 2 aromatic carbocycles. The van der Waals surface area contributed by atoms with Gasteiger partial charge in [0.15, 0.2) is 0 Å². The topological polar surface area (TPSA) is 40.5 Å². The van der Waals surface area contributed by atoms with Gasteiger partial charge < -0.3 is 10.2 Å². The molecular weight excluding hydrogens is 488 g/mol. The molecule has 0 saturated heterocycles. The average molecular weight is 507 g/mol. The summed E-state index contributed by atoms with van der Waals surface area (Å²) in [6, 6.07) is 2.02. The van der Waals surface area contributed by atoms with Gasteiger partial charge in [0.05, 0.1) is 0 Å². The van der Waals surface area contributed by atoms with Crippen LogP contribution in [0.2, 0.25) is 0 Å². The van der Waals surface area contributed by atoms with Crippen LogP contribution in [0, 0.1) is 27.7 Å². The van der Waals surface area contributed by atoms with Crippen molar-refractivity contribution in [2.75, 3.05) is 0 Å². The molecule has 2 aromatic rings. The highest BCUT2D eigenvalue weighted by Crippen LogP contribution is 2.40. The molecule has 2 rings (SSSR count). The van der Waals surface area contributed by atoms with Crippen molar-refractivity contribution in [2.45, 2.75) is 40.5 Å². The molecule has 0 aliphatic rings. The number of phenolic OH excluding ortho intramolecular Hbond substituents is 2. The number of hydrogen-bond donors (Lipinski definition) is 2. The summed E-state index contributed by atoms with van der Waals surface area (Å²) in [6.45, 7) is 7.65. The summed E-state index contributed by atoms with van der Waals surface area (Å²) < 4.78 is 2.84. The zero-order valence-corrected chi connectivity index (χ0v) is 18.3. The lowest BCUT2D eigenvalue weighted by atomic mass is 9.97. The first-order valence-electron chi connectivity index (χ1n) is 7.30. The molecule has 0 aromatic heterocycles. The van der Waals surface area contributed by atoms with Gasteiger partial charge in [0, 0.05) is 30.1 Å². The molecule has 0 saturated carbocycles. The summed E-state index contributed by atoms with van der Waals surface area (Å²) in [5.41, 5.74) is 5.79. The smallest absolute Gasteiger partial charge is 0.123 e. The molecule has 2 N–H and O–H groups in total. The van der Waals surface area contributed by atoms with Crippen LogP contribution < -0.4 is 0 Å². The summed E-state index contributed by atoms with van der Waals surface area (Å²) in [7, 11) is 0. The van der Waals surface area contributed by atoms with E-state index in [0.29, 0.717) is 11.5 Å². The average Bonchev–Trinajstić information content (AvgIpc) is 2.53. The zero-order chi connectivity index (χ0) is 17.5. The summed E-state index contributed by atoms with van der Waals surface area (Å²) in [5.74, 6) is 0.671. The summed E-state index contributed by atoms with van der Waals surface area (Å²) in [5, 5.41) is 20.1. The molecule has 124 valence electrons. The Bertz CT molecular complexity index is 754. The van der Waals surface area contributed by atoms with Gasteiger partial charge in [-0.3, -0.25) is 0 Å². The molecule has 0 spiro atoms. The van der Waals surface area contributed by atoms with Crippen molar-refractivity contribution in [3.63, 3.8) is 0 Å². The Morgan fingerprint density at radius 1 is 0.739 bits per heavy atom. The summed E-state index contributed by atoms with van der Waals surface area (Å²) in [6.07, 6.45) is 1.66. The van der Waals surface area contributed by atoms with E-state index in [2.05, 4.69) is 47.8 Å². The first-order chi connectivity index (χ1) is 10.7. The zero-order valence-electron chi connectivity index (χ0n) is 13.5. The van der Waals surface area contributed by atoms with E-state index in [9.17, 15) is 10.2 Å². The van der Waals surface area contributed by atoms with Gasteiger partial charge in [0.25, 0.3) is 0 Å². The molecule has 0 amide bonds. The molecule has 5 heteroatoms. The first-order valence-corrected chi connectivity index (χ1v) is 9.68. The molecule has 0 aliphatic heterocycles. The van der Waals surface area contributed by atoms with Crippen LogP contribution in [-0.4, -0.2) is 10.2 Å². The fourth-order valence-electron chi connectivity index (χ4n) is 2.73. The van der Waals surface area contributed by atoms with E-state index in [1.54, 1.807) is 0 Å². The number of aryl methyl sites for hydroxylation is 2. The normalized spacial score (nSPS) is 11.1. The van der Waals surface area contributed by atoms with E-state index >= 15 is 0 Å². The molecular formula is C18H19Br3O2. The van der Waals surface area contributed by atoms with Crippen LogP contribution in [0.15, 0.2) is 19.5 Å².